The molecule has 8 rings (SSSR count). The Balaban J connectivity index is 1.16. The maximum absolute atomic E-state index is 14.2. The lowest BCUT2D eigenvalue weighted by Gasteiger charge is -2.42. The molecule has 2 N–H and O–H groups in total. The molecule has 2 fully saturated rings. The molecule has 2 aliphatic carbocycles. The van der Waals surface area contributed by atoms with E-state index in [9.17, 15) is 9.90 Å². The molecule has 48 heavy (non-hydrogen) atoms. The Kier molecular flexibility index (Phi) is 7.55. The fourth-order valence-corrected chi connectivity index (χ4v) is 8.49. The number of nitrogens with one attached hydrogen (secondary N) is 1. The van der Waals surface area contributed by atoms with Crippen LogP contribution < -0.4 is 19.5 Å². The van der Waals surface area contributed by atoms with Crippen molar-refractivity contribution in [1.29, 1.82) is 0 Å². The van der Waals surface area contributed by atoms with Gasteiger partial charge < -0.3 is 29.2 Å². The normalized spacial score (nSPS) is 18.5. The molecule has 250 valence electrons. The van der Waals surface area contributed by atoms with Crippen LogP contribution in [0.2, 0.25) is 0 Å². The van der Waals surface area contributed by atoms with Crippen LogP contribution in [0.5, 0.6) is 17.2 Å². The van der Waals surface area contributed by atoms with Gasteiger partial charge in [0.1, 0.15) is 23.9 Å². The average Bonchev–Trinajstić information content (AvgIpc) is 3.58. The van der Waals surface area contributed by atoms with Crippen molar-refractivity contribution in [2.24, 2.45) is 4.99 Å². The third-order valence-corrected chi connectivity index (χ3v) is 11.2. The van der Waals surface area contributed by atoms with E-state index in [4.69, 9.17) is 19.2 Å². The zero-order valence-corrected chi connectivity index (χ0v) is 28.4. The van der Waals surface area contributed by atoms with Crippen molar-refractivity contribution in [2.45, 2.75) is 95.2 Å². The highest BCUT2D eigenvalue weighted by Crippen LogP contribution is 2.48. The summed E-state index contributed by atoms with van der Waals surface area (Å²) in [6.07, 6.45) is 9.52. The number of benzene rings is 3. The first-order chi connectivity index (χ1) is 23.2. The molecule has 0 radical (unpaired) electrons. The minimum atomic E-state index is -1.06. The molecule has 3 aromatic carbocycles. The third-order valence-electron chi connectivity index (χ3n) is 11.2. The number of aromatic nitrogens is 1. The lowest BCUT2D eigenvalue weighted by molar-refractivity contribution is 0.0756. The van der Waals surface area contributed by atoms with E-state index in [0.29, 0.717) is 42.4 Å². The largest absolute Gasteiger partial charge is 0.497 e. The number of fused-ring (bicyclic) bond motifs is 6. The summed E-state index contributed by atoms with van der Waals surface area (Å²) in [7, 11) is 3.31. The summed E-state index contributed by atoms with van der Waals surface area (Å²) in [5.74, 6) is 2.69. The Bertz CT molecular complexity index is 1960. The number of hydrogen-bond acceptors (Lipinski definition) is 6. The lowest BCUT2D eigenvalue weighted by Crippen LogP contribution is -2.59. The van der Waals surface area contributed by atoms with Crippen LogP contribution in [0.4, 0.5) is 5.69 Å². The molecule has 2 saturated carbocycles. The number of carbonyl (C=O) groups is 1. The van der Waals surface area contributed by atoms with Gasteiger partial charge in [0.2, 0.25) is 0 Å². The van der Waals surface area contributed by atoms with Gasteiger partial charge in [0.25, 0.3) is 5.91 Å². The van der Waals surface area contributed by atoms with E-state index >= 15 is 0 Å². The van der Waals surface area contributed by atoms with Gasteiger partial charge in [0, 0.05) is 45.8 Å². The van der Waals surface area contributed by atoms with Crippen molar-refractivity contribution < 1.29 is 24.1 Å². The Morgan fingerprint density at radius 3 is 2.54 bits per heavy atom. The van der Waals surface area contributed by atoms with Gasteiger partial charge in [-0.15, -0.1) is 0 Å². The SMILES string of the molecule is COc1ccc2c(c1)OCCn1c-2c(C2CCCCC2)c2ccc(C(=O)NC3(C4=Nc5cc(C(C)(C)O)c(OC)cc5C4)CCC3)cc21. The number of amides is 1. The van der Waals surface area contributed by atoms with Crippen LogP contribution in [0.3, 0.4) is 0 Å². The van der Waals surface area contributed by atoms with Gasteiger partial charge in [-0.2, -0.15) is 0 Å². The van der Waals surface area contributed by atoms with E-state index in [0.717, 1.165) is 58.8 Å². The van der Waals surface area contributed by atoms with E-state index in [1.54, 1.807) is 28.1 Å². The smallest absolute Gasteiger partial charge is 0.252 e. The van der Waals surface area contributed by atoms with Gasteiger partial charge in [-0.3, -0.25) is 9.79 Å². The van der Waals surface area contributed by atoms with Gasteiger partial charge in [-0.25, -0.2) is 0 Å². The van der Waals surface area contributed by atoms with Crippen LogP contribution in [0.1, 0.15) is 98.2 Å². The Labute approximate surface area is 282 Å². The monoisotopic (exact) mass is 647 g/mol. The highest BCUT2D eigenvalue weighted by atomic mass is 16.5. The highest BCUT2D eigenvalue weighted by Gasteiger charge is 2.45. The number of aliphatic imine (C=N–C) groups is 1. The molecule has 0 atom stereocenters. The first kappa shape index (κ1) is 31.0. The quantitative estimate of drug-likeness (QED) is 0.212. The predicted octanol–water partition coefficient (Wildman–Crippen LogP) is 7.97. The summed E-state index contributed by atoms with van der Waals surface area (Å²) >= 11 is 0. The van der Waals surface area contributed by atoms with Crippen molar-refractivity contribution in [1.82, 2.24) is 9.88 Å². The maximum atomic E-state index is 14.2. The fourth-order valence-electron chi connectivity index (χ4n) is 8.49. The molecule has 1 amide bonds. The molecular formula is C40H45N3O5. The Morgan fingerprint density at radius 2 is 1.83 bits per heavy atom. The molecular weight excluding hydrogens is 602 g/mol. The van der Waals surface area contributed by atoms with Gasteiger partial charge >= 0.3 is 0 Å². The maximum Gasteiger partial charge on any atom is 0.252 e. The van der Waals surface area contributed by atoms with E-state index in [-0.39, 0.29) is 5.91 Å². The van der Waals surface area contributed by atoms with E-state index < -0.39 is 11.1 Å². The number of rotatable bonds is 7. The average molecular weight is 648 g/mol. The lowest BCUT2D eigenvalue weighted by atomic mass is 9.72. The summed E-state index contributed by atoms with van der Waals surface area (Å²) in [5.41, 5.74) is 7.50. The molecule has 8 heteroatoms. The number of hydrogen-bond donors (Lipinski definition) is 2. The third kappa shape index (κ3) is 5.07. The first-order valence-corrected chi connectivity index (χ1v) is 17.5. The first-order valence-electron chi connectivity index (χ1n) is 17.5. The molecule has 4 aromatic rings. The van der Waals surface area contributed by atoms with Crippen LogP contribution in [0.15, 0.2) is 53.5 Å². The number of nitrogens with zero attached hydrogens (tertiary/aromatic N) is 2. The molecule has 2 aliphatic heterocycles. The summed E-state index contributed by atoms with van der Waals surface area (Å²) in [6.45, 7) is 4.76. The number of methoxy groups -OCH3 is 2. The van der Waals surface area contributed by atoms with E-state index in [1.807, 2.05) is 30.3 Å². The fraction of sp³-hybridized carbons (Fsp3) is 0.450. The van der Waals surface area contributed by atoms with Gasteiger partial charge in [-0.1, -0.05) is 25.3 Å². The van der Waals surface area contributed by atoms with Crippen LogP contribution >= 0.6 is 0 Å². The number of aliphatic hydroxyl groups is 1. The standard InChI is InChI=1S/C40H45N3O5/c1-39(2,45)30-23-31-26(20-34(30)47-4)21-35(41-31)40(15-8-16-40)42-38(44)25-11-13-28-32(19-25)43-17-18-48-33-22-27(46-3)12-14-29(33)37(43)36(28)24-9-6-5-7-10-24/h11-14,19-20,22-24,45H,5-10,15-18,21H2,1-4H3,(H,42,44). The summed E-state index contributed by atoms with van der Waals surface area (Å²) in [6, 6.07) is 16.3. The zero-order chi connectivity index (χ0) is 33.2. The zero-order valence-electron chi connectivity index (χ0n) is 28.4. The van der Waals surface area contributed by atoms with Crippen LogP contribution in [0, 0.1) is 0 Å². The second-order valence-electron chi connectivity index (χ2n) is 14.6. The second kappa shape index (κ2) is 11.7. The molecule has 1 aromatic heterocycles. The van der Waals surface area contributed by atoms with Crippen LogP contribution in [-0.4, -0.2) is 47.7 Å². The summed E-state index contributed by atoms with van der Waals surface area (Å²) in [5, 5.41) is 15.5. The van der Waals surface area contributed by atoms with Crippen LogP contribution in [0.25, 0.3) is 22.2 Å². The predicted molar refractivity (Wildman–Crippen MR) is 188 cm³/mol. The molecule has 0 unspecified atom stereocenters. The Hall–Kier alpha value is -4.30. The summed E-state index contributed by atoms with van der Waals surface area (Å²) in [4.78, 5) is 19.2. The minimum Gasteiger partial charge on any atom is -0.497 e. The minimum absolute atomic E-state index is 0.0743. The van der Waals surface area contributed by atoms with E-state index in [2.05, 4.69) is 28.1 Å². The number of ether oxygens (including phenoxy) is 3. The van der Waals surface area contributed by atoms with Crippen molar-refractivity contribution in [3.8, 4) is 28.5 Å². The molecule has 8 nitrogen and oxygen atoms in total. The molecule has 0 saturated heterocycles. The molecule has 0 spiro atoms. The topological polar surface area (TPSA) is 94.3 Å². The second-order valence-corrected chi connectivity index (χ2v) is 14.6. The van der Waals surface area contributed by atoms with Gasteiger partial charge in [0.05, 0.1) is 43.3 Å². The summed E-state index contributed by atoms with van der Waals surface area (Å²) < 4.78 is 19.9. The van der Waals surface area contributed by atoms with Crippen molar-refractivity contribution >= 4 is 28.2 Å². The van der Waals surface area contributed by atoms with Crippen molar-refractivity contribution in [3.05, 3.63) is 70.8 Å². The van der Waals surface area contributed by atoms with Crippen LogP contribution in [-0.2, 0) is 18.6 Å². The molecule has 0 bridgehead atoms. The van der Waals surface area contributed by atoms with Crippen molar-refractivity contribution in [2.75, 3.05) is 20.8 Å². The number of carbonyl (C=O) groups excluding carboxylic acids is 1. The molecule has 3 heterocycles. The van der Waals surface area contributed by atoms with Gasteiger partial charge in [-0.05, 0) is 99.4 Å². The molecule has 4 aliphatic rings. The Morgan fingerprint density at radius 1 is 1.02 bits per heavy atom. The van der Waals surface area contributed by atoms with E-state index in [1.165, 1.54) is 48.7 Å². The van der Waals surface area contributed by atoms with Crippen molar-refractivity contribution in [3.63, 3.8) is 0 Å². The van der Waals surface area contributed by atoms with Gasteiger partial charge in [0.15, 0.2) is 0 Å². The highest BCUT2D eigenvalue weighted by molar-refractivity contribution is 6.07.